The zero-order valence-electron chi connectivity index (χ0n) is 13.3. The lowest BCUT2D eigenvalue weighted by Gasteiger charge is -2.34. The summed E-state index contributed by atoms with van der Waals surface area (Å²) in [5.41, 5.74) is 1.01. The summed E-state index contributed by atoms with van der Waals surface area (Å²) in [6.45, 7) is 7.42. The second-order valence-corrected chi connectivity index (χ2v) is 6.45. The Kier molecular flexibility index (Phi) is 5.35. The van der Waals surface area contributed by atoms with Crippen molar-refractivity contribution in [3.8, 4) is 0 Å². The van der Waals surface area contributed by atoms with Crippen LogP contribution in [0.3, 0.4) is 0 Å². The van der Waals surface area contributed by atoms with Crippen molar-refractivity contribution in [1.29, 1.82) is 0 Å². The summed E-state index contributed by atoms with van der Waals surface area (Å²) >= 11 is 0. The summed E-state index contributed by atoms with van der Waals surface area (Å²) < 4.78 is 0. The van der Waals surface area contributed by atoms with Gasteiger partial charge in [-0.2, -0.15) is 5.10 Å². The van der Waals surface area contributed by atoms with E-state index in [1.807, 2.05) is 0 Å². The lowest BCUT2D eigenvalue weighted by atomic mass is 9.86. The molecule has 2 rings (SSSR count). The van der Waals surface area contributed by atoms with Crippen molar-refractivity contribution in [2.24, 2.45) is 5.92 Å². The lowest BCUT2D eigenvalue weighted by Crippen LogP contribution is -2.36. The third-order valence-electron chi connectivity index (χ3n) is 4.21. The average Bonchev–Trinajstić information content (AvgIpc) is 2.45. The van der Waals surface area contributed by atoms with Crippen LogP contribution in [0.5, 0.6) is 0 Å². The van der Waals surface area contributed by atoms with Gasteiger partial charge in [-0.15, -0.1) is 5.10 Å². The molecule has 4 nitrogen and oxygen atoms in total. The van der Waals surface area contributed by atoms with Crippen molar-refractivity contribution in [1.82, 2.24) is 15.5 Å². The van der Waals surface area contributed by atoms with E-state index in [4.69, 9.17) is 0 Å². The summed E-state index contributed by atoms with van der Waals surface area (Å²) in [4.78, 5) is 2.31. The van der Waals surface area contributed by atoms with Crippen LogP contribution in [-0.2, 0) is 6.54 Å². The number of aromatic nitrogens is 2. The van der Waals surface area contributed by atoms with Crippen molar-refractivity contribution in [3.05, 3.63) is 17.8 Å². The molecule has 1 heterocycles. The first-order valence-electron chi connectivity index (χ1n) is 7.85. The summed E-state index contributed by atoms with van der Waals surface area (Å²) in [7, 11) is 2.15. The molecule has 2 atom stereocenters. The molecule has 2 unspecified atom stereocenters. The highest BCUT2D eigenvalue weighted by atomic mass is 15.3. The Morgan fingerprint density at radius 3 is 2.70 bits per heavy atom. The van der Waals surface area contributed by atoms with Crippen LogP contribution in [0.4, 0.5) is 5.82 Å². The molecular formula is C16H28N4. The van der Waals surface area contributed by atoms with Crippen LogP contribution in [0, 0.1) is 5.92 Å². The molecule has 1 aromatic heterocycles. The van der Waals surface area contributed by atoms with Gasteiger partial charge >= 0.3 is 0 Å². The molecule has 1 aromatic rings. The van der Waals surface area contributed by atoms with Crippen molar-refractivity contribution in [3.63, 3.8) is 0 Å². The van der Waals surface area contributed by atoms with Crippen LogP contribution >= 0.6 is 0 Å². The molecular weight excluding hydrogens is 248 g/mol. The van der Waals surface area contributed by atoms with E-state index >= 15 is 0 Å². The Morgan fingerprint density at radius 2 is 2.10 bits per heavy atom. The SMILES string of the molecule is CC1CCCC(N(C)c2ccc(CNC(C)C)nn2)C1. The first-order valence-corrected chi connectivity index (χ1v) is 7.85. The van der Waals surface area contributed by atoms with Crippen molar-refractivity contribution < 1.29 is 0 Å². The second-order valence-electron chi connectivity index (χ2n) is 6.45. The van der Waals surface area contributed by atoms with Crippen molar-refractivity contribution in [2.45, 2.75) is 65.1 Å². The van der Waals surface area contributed by atoms with Crippen LogP contribution in [0.2, 0.25) is 0 Å². The minimum Gasteiger partial charge on any atom is -0.355 e. The zero-order valence-corrected chi connectivity index (χ0v) is 13.3. The van der Waals surface area contributed by atoms with Gasteiger partial charge in [-0.1, -0.05) is 33.6 Å². The van der Waals surface area contributed by atoms with E-state index in [1.54, 1.807) is 0 Å². The molecule has 1 aliphatic carbocycles. The molecule has 1 N–H and O–H groups in total. The fourth-order valence-corrected chi connectivity index (χ4v) is 2.88. The molecule has 0 aliphatic heterocycles. The van der Waals surface area contributed by atoms with Gasteiger partial charge in [-0.25, -0.2) is 0 Å². The van der Waals surface area contributed by atoms with Crippen LogP contribution in [0.1, 0.15) is 52.1 Å². The summed E-state index contributed by atoms with van der Waals surface area (Å²) in [5, 5.41) is 12.1. The fourth-order valence-electron chi connectivity index (χ4n) is 2.88. The predicted molar refractivity (Wildman–Crippen MR) is 83.8 cm³/mol. The molecule has 0 amide bonds. The Hall–Kier alpha value is -1.16. The number of hydrogen-bond donors (Lipinski definition) is 1. The first-order chi connectivity index (χ1) is 9.56. The molecule has 1 saturated carbocycles. The van der Waals surface area contributed by atoms with Gasteiger partial charge in [0.05, 0.1) is 5.69 Å². The van der Waals surface area contributed by atoms with Gasteiger partial charge in [-0.05, 0) is 30.9 Å². The number of hydrogen-bond acceptors (Lipinski definition) is 4. The summed E-state index contributed by atoms with van der Waals surface area (Å²) in [6, 6.07) is 5.28. The standard InChI is InChI=1S/C16H28N4/c1-12(2)17-11-14-8-9-16(19-18-14)20(4)15-7-5-6-13(3)10-15/h8-9,12-13,15,17H,5-7,10-11H2,1-4H3. The van der Waals surface area contributed by atoms with Gasteiger partial charge in [0, 0.05) is 25.7 Å². The van der Waals surface area contributed by atoms with Gasteiger partial charge in [0.1, 0.15) is 0 Å². The van der Waals surface area contributed by atoms with E-state index in [0.29, 0.717) is 12.1 Å². The topological polar surface area (TPSA) is 41.0 Å². The van der Waals surface area contributed by atoms with Crippen LogP contribution in [0.25, 0.3) is 0 Å². The molecule has 0 bridgehead atoms. The van der Waals surface area contributed by atoms with Gasteiger partial charge < -0.3 is 10.2 Å². The maximum Gasteiger partial charge on any atom is 0.151 e. The number of nitrogens with one attached hydrogen (secondary N) is 1. The molecule has 0 saturated heterocycles. The number of nitrogens with zero attached hydrogens (tertiary/aromatic N) is 3. The Balaban J connectivity index is 1.94. The van der Waals surface area contributed by atoms with Crippen LogP contribution in [-0.4, -0.2) is 29.3 Å². The highest BCUT2D eigenvalue weighted by molar-refractivity contribution is 5.37. The lowest BCUT2D eigenvalue weighted by molar-refractivity contribution is 0.335. The quantitative estimate of drug-likeness (QED) is 0.897. The van der Waals surface area contributed by atoms with Gasteiger partial charge in [0.25, 0.3) is 0 Å². The van der Waals surface area contributed by atoms with Crippen LogP contribution in [0.15, 0.2) is 12.1 Å². The van der Waals surface area contributed by atoms with E-state index in [9.17, 15) is 0 Å². The molecule has 1 aliphatic rings. The second kappa shape index (κ2) is 7.02. The molecule has 1 fully saturated rings. The highest BCUT2D eigenvalue weighted by Gasteiger charge is 2.23. The van der Waals surface area contributed by atoms with E-state index in [1.165, 1.54) is 25.7 Å². The maximum atomic E-state index is 4.39. The monoisotopic (exact) mass is 276 g/mol. The van der Waals surface area contributed by atoms with Gasteiger partial charge in [0.15, 0.2) is 5.82 Å². The molecule has 0 spiro atoms. The van der Waals surface area contributed by atoms with Gasteiger partial charge in [-0.3, -0.25) is 0 Å². The predicted octanol–water partition coefficient (Wildman–Crippen LogP) is 2.99. The molecule has 0 aromatic carbocycles. The molecule has 0 radical (unpaired) electrons. The minimum absolute atomic E-state index is 0.475. The highest BCUT2D eigenvalue weighted by Crippen LogP contribution is 2.28. The van der Waals surface area contributed by atoms with Crippen molar-refractivity contribution >= 4 is 5.82 Å². The normalized spacial score (nSPS) is 23.1. The molecule has 4 heteroatoms. The van der Waals surface area contributed by atoms with Gasteiger partial charge in [0.2, 0.25) is 0 Å². The minimum atomic E-state index is 0.475. The summed E-state index contributed by atoms with van der Waals surface area (Å²) in [5.74, 6) is 1.83. The van der Waals surface area contributed by atoms with E-state index < -0.39 is 0 Å². The number of anilines is 1. The summed E-state index contributed by atoms with van der Waals surface area (Å²) in [6.07, 6.45) is 5.25. The average molecular weight is 276 g/mol. The Labute approximate surface area is 123 Å². The largest absolute Gasteiger partial charge is 0.355 e. The molecule has 112 valence electrons. The first kappa shape index (κ1) is 15.2. The van der Waals surface area contributed by atoms with Crippen LogP contribution < -0.4 is 10.2 Å². The number of rotatable bonds is 5. The third-order valence-corrected chi connectivity index (χ3v) is 4.21. The Morgan fingerprint density at radius 1 is 1.30 bits per heavy atom. The van der Waals surface area contributed by atoms with E-state index in [-0.39, 0.29) is 0 Å². The Bertz CT molecular complexity index is 401. The van der Waals surface area contributed by atoms with E-state index in [0.717, 1.165) is 24.0 Å². The zero-order chi connectivity index (χ0) is 14.5. The fraction of sp³-hybridized carbons (Fsp3) is 0.750. The smallest absolute Gasteiger partial charge is 0.151 e. The third kappa shape index (κ3) is 4.17. The van der Waals surface area contributed by atoms with Crippen molar-refractivity contribution in [2.75, 3.05) is 11.9 Å². The van der Waals surface area contributed by atoms with E-state index in [2.05, 4.69) is 60.4 Å². The molecule has 20 heavy (non-hydrogen) atoms. The maximum absolute atomic E-state index is 4.39.